The van der Waals surface area contributed by atoms with Crippen LogP contribution in [0.5, 0.6) is 0 Å². The molecule has 2 aliphatic rings. The van der Waals surface area contributed by atoms with Crippen LogP contribution in [-0.2, 0) is 4.79 Å². The topological polar surface area (TPSA) is 51.2 Å². The number of guanidine groups is 1. The Morgan fingerprint density at radius 2 is 2.07 bits per heavy atom. The van der Waals surface area contributed by atoms with Crippen LogP contribution >= 0.6 is 35.3 Å². The zero-order valence-corrected chi connectivity index (χ0v) is 19.5. The number of halogens is 1. The Bertz CT molecular complexity index is 601. The predicted molar refractivity (Wildman–Crippen MR) is 125 cm³/mol. The Balaban J connectivity index is 0.00000261. The van der Waals surface area contributed by atoms with Crippen molar-refractivity contribution in [3.8, 4) is 0 Å². The number of piperazine rings is 1. The molecule has 3 rings (SSSR count). The summed E-state index contributed by atoms with van der Waals surface area (Å²) in [6, 6.07) is 4.66. The van der Waals surface area contributed by atoms with Gasteiger partial charge in [0.05, 0.1) is 5.00 Å². The fraction of sp³-hybridized carbons (Fsp3) is 0.684. The van der Waals surface area contributed by atoms with E-state index in [-0.39, 0.29) is 24.0 Å². The average Bonchev–Trinajstić information content (AvgIpc) is 3.34. The summed E-state index contributed by atoms with van der Waals surface area (Å²) in [5.41, 5.74) is 0. The van der Waals surface area contributed by atoms with Gasteiger partial charge in [-0.1, -0.05) is 6.92 Å². The second-order valence-corrected chi connectivity index (χ2v) is 7.87. The Morgan fingerprint density at radius 3 is 2.63 bits per heavy atom. The molecule has 0 bridgehead atoms. The van der Waals surface area contributed by atoms with Crippen LogP contribution in [0, 0.1) is 0 Å². The molecule has 2 fully saturated rings. The number of nitrogens with zero attached hydrogens (tertiary/aromatic N) is 4. The normalized spacial score (nSPS) is 19.3. The summed E-state index contributed by atoms with van der Waals surface area (Å²) >= 11 is 1.81. The van der Waals surface area contributed by atoms with Gasteiger partial charge in [0.25, 0.3) is 0 Å². The second-order valence-electron chi connectivity index (χ2n) is 6.94. The zero-order valence-electron chi connectivity index (χ0n) is 16.4. The summed E-state index contributed by atoms with van der Waals surface area (Å²) in [5.74, 6) is 1.31. The van der Waals surface area contributed by atoms with Gasteiger partial charge in [-0.2, -0.15) is 0 Å². The summed E-state index contributed by atoms with van der Waals surface area (Å²) in [6.07, 6.45) is 3.74. The molecular formula is C19H32IN5OS. The van der Waals surface area contributed by atoms with E-state index in [0.717, 1.165) is 70.9 Å². The standard InChI is InChI=1S/C19H31N5OS.HI/c1-3-16(24-10-4-6-17(24)25)8-9-21-19(20-2)23-13-11-22(12-14-23)18-7-5-15-26-18;/h5,7,15-16H,3-4,6,8-14H2,1-2H3,(H,20,21);1H. The molecule has 3 heterocycles. The zero-order chi connectivity index (χ0) is 18.4. The molecule has 0 radical (unpaired) electrons. The second kappa shape index (κ2) is 11.1. The van der Waals surface area contributed by atoms with Crippen molar-refractivity contribution in [2.75, 3.05) is 51.2 Å². The van der Waals surface area contributed by atoms with Crippen LogP contribution in [0.25, 0.3) is 0 Å². The minimum atomic E-state index is 0. The third kappa shape index (κ3) is 5.73. The molecule has 8 heteroatoms. The van der Waals surface area contributed by atoms with E-state index in [4.69, 9.17) is 0 Å². The van der Waals surface area contributed by atoms with Crippen LogP contribution < -0.4 is 10.2 Å². The van der Waals surface area contributed by atoms with E-state index in [9.17, 15) is 4.79 Å². The predicted octanol–water partition coefficient (Wildman–Crippen LogP) is 2.85. The number of carbonyl (C=O) groups is 1. The first-order valence-corrected chi connectivity index (χ1v) is 10.6. The molecule has 1 atom stereocenters. The van der Waals surface area contributed by atoms with Crippen LogP contribution in [0.2, 0.25) is 0 Å². The highest BCUT2D eigenvalue weighted by molar-refractivity contribution is 14.0. The Morgan fingerprint density at radius 1 is 1.30 bits per heavy atom. The molecule has 27 heavy (non-hydrogen) atoms. The van der Waals surface area contributed by atoms with E-state index in [2.05, 4.69) is 49.4 Å². The Hall–Kier alpha value is -1.03. The van der Waals surface area contributed by atoms with Gasteiger partial charge in [-0.15, -0.1) is 35.3 Å². The number of carbonyl (C=O) groups excluding carboxylic acids is 1. The van der Waals surface area contributed by atoms with E-state index in [0.29, 0.717) is 11.9 Å². The average molecular weight is 505 g/mol. The number of hydrogen-bond acceptors (Lipinski definition) is 4. The molecule has 0 saturated carbocycles. The Kier molecular flexibility index (Phi) is 9.14. The molecule has 0 spiro atoms. The third-order valence-electron chi connectivity index (χ3n) is 5.39. The SMILES string of the molecule is CCC(CCNC(=NC)N1CCN(c2cccs2)CC1)N1CCCC1=O.I. The van der Waals surface area contributed by atoms with Gasteiger partial charge in [0.15, 0.2) is 5.96 Å². The van der Waals surface area contributed by atoms with Gasteiger partial charge >= 0.3 is 0 Å². The van der Waals surface area contributed by atoms with Gasteiger partial charge in [-0.25, -0.2) is 0 Å². The fourth-order valence-electron chi connectivity index (χ4n) is 3.91. The number of hydrogen-bond donors (Lipinski definition) is 1. The van der Waals surface area contributed by atoms with Crippen molar-refractivity contribution in [2.24, 2.45) is 4.99 Å². The fourth-order valence-corrected chi connectivity index (χ4v) is 4.69. The summed E-state index contributed by atoms with van der Waals surface area (Å²) in [6.45, 7) is 7.99. The molecule has 1 aromatic heterocycles. The third-order valence-corrected chi connectivity index (χ3v) is 6.32. The first-order valence-electron chi connectivity index (χ1n) is 9.76. The van der Waals surface area contributed by atoms with Gasteiger partial charge in [0.1, 0.15) is 0 Å². The number of rotatable bonds is 6. The molecule has 1 N–H and O–H groups in total. The van der Waals surface area contributed by atoms with E-state index in [1.807, 2.05) is 7.05 Å². The largest absolute Gasteiger partial charge is 0.360 e. The number of likely N-dealkylation sites (tertiary alicyclic amines) is 1. The lowest BCUT2D eigenvalue weighted by Gasteiger charge is -2.37. The number of amides is 1. The molecule has 1 aromatic rings. The highest BCUT2D eigenvalue weighted by atomic mass is 127. The number of anilines is 1. The highest BCUT2D eigenvalue weighted by Crippen LogP contribution is 2.22. The smallest absolute Gasteiger partial charge is 0.222 e. The van der Waals surface area contributed by atoms with Crippen molar-refractivity contribution >= 4 is 52.2 Å². The summed E-state index contributed by atoms with van der Waals surface area (Å²) in [4.78, 5) is 23.3. The van der Waals surface area contributed by atoms with Gasteiger partial charge in [0.2, 0.25) is 5.91 Å². The lowest BCUT2D eigenvalue weighted by atomic mass is 10.1. The summed E-state index contributed by atoms with van der Waals surface area (Å²) in [7, 11) is 1.86. The van der Waals surface area contributed by atoms with Crippen molar-refractivity contribution < 1.29 is 4.79 Å². The van der Waals surface area contributed by atoms with E-state index in [1.54, 1.807) is 11.3 Å². The van der Waals surface area contributed by atoms with Gasteiger partial charge < -0.3 is 20.0 Å². The first-order chi connectivity index (χ1) is 12.7. The molecule has 6 nitrogen and oxygen atoms in total. The lowest BCUT2D eigenvalue weighted by Crippen LogP contribution is -2.53. The van der Waals surface area contributed by atoms with E-state index in [1.165, 1.54) is 5.00 Å². The molecule has 2 aliphatic heterocycles. The van der Waals surface area contributed by atoms with Crippen molar-refractivity contribution in [3.63, 3.8) is 0 Å². The molecule has 1 unspecified atom stereocenters. The van der Waals surface area contributed by atoms with Crippen molar-refractivity contribution in [1.29, 1.82) is 0 Å². The maximum Gasteiger partial charge on any atom is 0.222 e. The van der Waals surface area contributed by atoms with Crippen molar-refractivity contribution in [2.45, 2.75) is 38.6 Å². The molecule has 152 valence electrons. The van der Waals surface area contributed by atoms with Gasteiger partial charge in [-0.3, -0.25) is 9.79 Å². The van der Waals surface area contributed by atoms with Crippen LogP contribution in [0.15, 0.2) is 22.5 Å². The number of aliphatic imine (C=N–C) groups is 1. The molecule has 0 aromatic carbocycles. The Labute approximate surface area is 184 Å². The highest BCUT2D eigenvalue weighted by Gasteiger charge is 2.26. The van der Waals surface area contributed by atoms with Crippen LogP contribution in [-0.4, -0.2) is 74.0 Å². The first kappa shape index (κ1) is 22.3. The molecule has 0 aliphatic carbocycles. The summed E-state index contributed by atoms with van der Waals surface area (Å²) in [5, 5.41) is 7.01. The minimum Gasteiger partial charge on any atom is -0.360 e. The molecule has 2 saturated heterocycles. The molecule has 1 amide bonds. The van der Waals surface area contributed by atoms with Gasteiger partial charge in [-0.05, 0) is 36.8 Å². The quantitative estimate of drug-likeness (QED) is 0.367. The van der Waals surface area contributed by atoms with Crippen molar-refractivity contribution in [3.05, 3.63) is 17.5 Å². The summed E-state index contributed by atoms with van der Waals surface area (Å²) < 4.78 is 0. The minimum absolute atomic E-state index is 0. The lowest BCUT2D eigenvalue weighted by molar-refractivity contribution is -0.129. The van der Waals surface area contributed by atoms with E-state index >= 15 is 0 Å². The van der Waals surface area contributed by atoms with Crippen molar-refractivity contribution in [1.82, 2.24) is 15.1 Å². The van der Waals surface area contributed by atoms with Crippen LogP contribution in [0.4, 0.5) is 5.00 Å². The van der Waals surface area contributed by atoms with Gasteiger partial charge in [0, 0.05) is 58.8 Å². The number of nitrogens with one attached hydrogen (secondary N) is 1. The maximum atomic E-state index is 12.0. The number of thiophene rings is 1. The van der Waals surface area contributed by atoms with E-state index < -0.39 is 0 Å². The van der Waals surface area contributed by atoms with Crippen LogP contribution in [0.1, 0.15) is 32.6 Å². The molecular weight excluding hydrogens is 473 g/mol. The maximum absolute atomic E-state index is 12.0. The van der Waals surface area contributed by atoms with Crippen LogP contribution in [0.3, 0.4) is 0 Å². The monoisotopic (exact) mass is 505 g/mol.